The van der Waals surface area contributed by atoms with Crippen LogP contribution in [0.2, 0.25) is 0 Å². The van der Waals surface area contributed by atoms with E-state index in [1.54, 1.807) is 0 Å². The normalized spacial score (nSPS) is 12.7. The van der Waals surface area contributed by atoms with Crippen molar-refractivity contribution in [1.82, 2.24) is 5.32 Å². The topological polar surface area (TPSA) is 75.6 Å². The van der Waals surface area contributed by atoms with Crippen LogP contribution in [0.4, 0.5) is 0 Å². The van der Waals surface area contributed by atoms with Crippen LogP contribution in [0.1, 0.15) is 59.8 Å². The summed E-state index contributed by atoms with van der Waals surface area (Å²) in [5.74, 6) is -0.640. The van der Waals surface area contributed by atoms with Gasteiger partial charge in [-0.15, -0.1) is 0 Å². The molecule has 0 aromatic rings. The molecule has 0 heterocycles. The molecule has 0 saturated carbocycles. The van der Waals surface area contributed by atoms with Crippen molar-refractivity contribution in [2.75, 3.05) is 13.2 Å². The Bertz CT molecular complexity index is 299. The summed E-state index contributed by atoms with van der Waals surface area (Å²) in [6, 6.07) is -0.752. The van der Waals surface area contributed by atoms with Crippen molar-refractivity contribution in [3.8, 4) is 0 Å². The first kappa shape index (κ1) is 19.9. The largest absolute Gasteiger partial charge is 0.481 e. The molecule has 0 aliphatic carbocycles. The number of carboxylic acid groups (broad SMARTS) is 1. The summed E-state index contributed by atoms with van der Waals surface area (Å²) in [6.45, 7) is 9.31. The first-order valence-electron chi connectivity index (χ1n) is 8.10. The summed E-state index contributed by atoms with van der Waals surface area (Å²) in [4.78, 5) is 23.0. The molecule has 0 spiro atoms. The van der Waals surface area contributed by atoms with Crippen molar-refractivity contribution in [2.24, 2.45) is 11.8 Å². The molecule has 5 nitrogen and oxygen atoms in total. The molecule has 0 saturated heterocycles. The molecule has 5 heteroatoms. The van der Waals surface area contributed by atoms with Crippen LogP contribution >= 0.6 is 0 Å². The molecule has 2 N–H and O–H groups in total. The molecule has 0 unspecified atom stereocenters. The van der Waals surface area contributed by atoms with Crippen LogP contribution in [-0.2, 0) is 14.3 Å². The summed E-state index contributed by atoms with van der Waals surface area (Å²) >= 11 is 0. The van der Waals surface area contributed by atoms with Gasteiger partial charge in [0.15, 0.2) is 0 Å². The van der Waals surface area contributed by atoms with Crippen LogP contribution in [0.3, 0.4) is 0 Å². The van der Waals surface area contributed by atoms with Crippen LogP contribution in [-0.4, -0.2) is 36.2 Å². The molecule has 0 rings (SSSR count). The molecule has 124 valence electrons. The third-order valence-corrected chi connectivity index (χ3v) is 4.09. The number of aliphatic carboxylic acids is 1. The molecule has 0 aliphatic heterocycles. The predicted octanol–water partition coefficient (Wildman–Crippen LogP) is 2.83. The Balaban J connectivity index is 4.44. The van der Waals surface area contributed by atoms with E-state index >= 15 is 0 Å². The van der Waals surface area contributed by atoms with E-state index in [4.69, 9.17) is 9.84 Å². The fourth-order valence-corrected chi connectivity index (χ4v) is 2.12. The SMILES string of the molecule is CCC(CC)CN[C@@H](CC(=O)O)C(=O)OCC(CC)CC. The van der Waals surface area contributed by atoms with E-state index in [2.05, 4.69) is 33.0 Å². The summed E-state index contributed by atoms with van der Waals surface area (Å²) in [5, 5.41) is 12.0. The summed E-state index contributed by atoms with van der Waals surface area (Å²) in [7, 11) is 0. The highest BCUT2D eigenvalue weighted by atomic mass is 16.5. The Labute approximate surface area is 128 Å². The third-order valence-electron chi connectivity index (χ3n) is 4.09. The van der Waals surface area contributed by atoms with Gasteiger partial charge < -0.3 is 15.2 Å². The van der Waals surface area contributed by atoms with Gasteiger partial charge in [0, 0.05) is 0 Å². The predicted molar refractivity (Wildman–Crippen MR) is 83.1 cm³/mol. The second kappa shape index (κ2) is 11.5. The standard InChI is InChI=1S/C16H31NO4/c1-5-12(6-2)10-17-14(9-15(18)19)16(20)21-11-13(7-3)8-4/h12-14,17H,5-11H2,1-4H3,(H,18,19)/t14-/m0/s1. The van der Waals surface area contributed by atoms with Crippen molar-refractivity contribution in [1.29, 1.82) is 0 Å². The van der Waals surface area contributed by atoms with E-state index in [0.717, 1.165) is 25.7 Å². The number of nitrogens with one attached hydrogen (secondary N) is 1. The fraction of sp³-hybridized carbons (Fsp3) is 0.875. The second-order valence-electron chi connectivity index (χ2n) is 5.55. The van der Waals surface area contributed by atoms with E-state index in [1.807, 2.05) is 0 Å². The van der Waals surface area contributed by atoms with Gasteiger partial charge in [0.2, 0.25) is 0 Å². The maximum Gasteiger partial charge on any atom is 0.323 e. The maximum atomic E-state index is 12.1. The van der Waals surface area contributed by atoms with E-state index < -0.39 is 18.0 Å². The minimum Gasteiger partial charge on any atom is -0.481 e. The van der Waals surface area contributed by atoms with Gasteiger partial charge in [-0.2, -0.15) is 0 Å². The Kier molecular flexibility index (Phi) is 10.9. The zero-order valence-corrected chi connectivity index (χ0v) is 13.9. The molecule has 0 fully saturated rings. The number of esters is 1. The maximum absolute atomic E-state index is 12.1. The third kappa shape index (κ3) is 8.71. The van der Waals surface area contributed by atoms with Gasteiger partial charge in [-0.3, -0.25) is 9.59 Å². The molecule has 0 aliphatic rings. The van der Waals surface area contributed by atoms with Crippen molar-refractivity contribution in [3.05, 3.63) is 0 Å². The van der Waals surface area contributed by atoms with Gasteiger partial charge in [-0.1, -0.05) is 53.4 Å². The number of carbonyl (C=O) groups excluding carboxylic acids is 1. The molecule has 0 bridgehead atoms. The first-order chi connectivity index (χ1) is 9.98. The number of carboxylic acids is 1. The van der Waals surface area contributed by atoms with Crippen LogP contribution in [0.15, 0.2) is 0 Å². The lowest BCUT2D eigenvalue weighted by atomic mass is 10.0. The Morgan fingerprint density at radius 1 is 1.00 bits per heavy atom. The summed E-state index contributed by atoms with van der Waals surface area (Å²) in [6.07, 6.45) is 3.68. The Hall–Kier alpha value is -1.10. The molecule has 21 heavy (non-hydrogen) atoms. The van der Waals surface area contributed by atoms with Gasteiger partial charge in [-0.05, 0) is 18.4 Å². The molecule has 0 aromatic heterocycles. The highest BCUT2D eigenvalue weighted by molar-refractivity contribution is 5.81. The van der Waals surface area contributed by atoms with Crippen LogP contribution < -0.4 is 5.32 Å². The van der Waals surface area contributed by atoms with E-state index in [-0.39, 0.29) is 6.42 Å². The lowest BCUT2D eigenvalue weighted by Crippen LogP contribution is -2.42. The van der Waals surface area contributed by atoms with Gasteiger partial charge in [0.1, 0.15) is 6.04 Å². The number of carbonyl (C=O) groups is 2. The van der Waals surface area contributed by atoms with Crippen LogP contribution in [0.5, 0.6) is 0 Å². The average molecular weight is 301 g/mol. The lowest BCUT2D eigenvalue weighted by Gasteiger charge is -2.21. The minimum atomic E-state index is -0.989. The van der Waals surface area contributed by atoms with Crippen molar-refractivity contribution in [2.45, 2.75) is 65.8 Å². The number of rotatable bonds is 12. The molecule has 0 aromatic carbocycles. The van der Waals surface area contributed by atoms with E-state index in [9.17, 15) is 9.59 Å². The quantitative estimate of drug-likeness (QED) is 0.542. The highest BCUT2D eigenvalue weighted by Gasteiger charge is 2.24. The fourth-order valence-electron chi connectivity index (χ4n) is 2.12. The molecular formula is C16H31NO4. The highest BCUT2D eigenvalue weighted by Crippen LogP contribution is 2.10. The van der Waals surface area contributed by atoms with Crippen molar-refractivity contribution < 1.29 is 19.4 Å². The zero-order valence-electron chi connectivity index (χ0n) is 13.9. The van der Waals surface area contributed by atoms with Gasteiger partial charge in [0.05, 0.1) is 13.0 Å². The molecular weight excluding hydrogens is 270 g/mol. The minimum absolute atomic E-state index is 0.234. The second-order valence-corrected chi connectivity index (χ2v) is 5.55. The van der Waals surface area contributed by atoms with E-state index in [0.29, 0.717) is 25.0 Å². The zero-order chi connectivity index (χ0) is 16.3. The summed E-state index contributed by atoms with van der Waals surface area (Å²) in [5.41, 5.74) is 0. The van der Waals surface area contributed by atoms with Gasteiger partial charge in [-0.25, -0.2) is 0 Å². The molecule has 0 amide bonds. The average Bonchev–Trinajstić information content (AvgIpc) is 2.47. The van der Waals surface area contributed by atoms with Gasteiger partial charge in [0.25, 0.3) is 0 Å². The van der Waals surface area contributed by atoms with Crippen molar-refractivity contribution >= 4 is 11.9 Å². The molecule has 0 radical (unpaired) electrons. The first-order valence-corrected chi connectivity index (χ1v) is 8.10. The monoisotopic (exact) mass is 301 g/mol. The Morgan fingerprint density at radius 3 is 1.95 bits per heavy atom. The van der Waals surface area contributed by atoms with E-state index in [1.165, 1.54) is 0 Å². The Morgan fingerprint density at radius 2 is 1.52 bits per heavy atom. The van der Waals surface area contributed by atoms with Crippen molar-refractivity contribution in [3.63, 3.8) is 0 Å². The van der Waals surface area contributed by atoms with Gasteiger partial charge >= 0.3 is 11.9 Å². The number of ether oxygens (including phenoxy) is 1. The summed E-state index contributed by atoms with van der Waals surface area (Å²) < 4.78 is 5.28. The lowest BCUT2D eigenvalue weighted by molar-refractivity contribution is -0.151. The number of hydrogen-bond acceptors (Lipinski definition) is 4. The van der Waals surface area contributed by atoms with Crippen LogP contribution in [0.25, 0.3) is 0 Å². The smallest absolute Gasteiger partial charge is 0.323 e. The molecule has 1 atom stereocenters. The number of hydrogen-bond donors (Lipinski definition) is 2. The van der Waals surface area contributed by atoms with Crippen LogP contribution in [0, 0.1) is 11.8 Å².